The fraction of sp³-hybridized carbons (Fsp3) is 0.400. The maximum Gasteiger partial charge on any atom is 0.307 e. The van der Waals surface area contributed by atoms with E-state index in [1.54, 1.807) is 0 Å². The highest BCUT2D eigenvalue weighted by atomic mass is 16.4. The second-order valence-electron chi connectivity index (χ2n) is 4.74. The number of aryl methyl sites for hydroxylation is 1. The third-order valence-corrected chi connectivity index (χ3v) is 2.76. The molecule has 0 spiro atoms. The standard InChI is InChI=1S/C15H20O2/c1-11(2)4-9-14(15(16)17)10-13-7-5-12(3)6-8-13/h4-8,14H,9-10H2,1-3H3,(H,16,17). The van der Waals surface area contributed by atoms with Crippen LogP contribution in [-0.4, -0.2) is 11.1 Å². The van der Waals surface area contributed by atoms with Gasteiger partial charge in [0.05, 0.1) is 5.92 Å². The Balaban J connectivity index is 2.70. The zero-order chi connectivity index (χ0) is 12.8. The topological polar surface area (TPSA) is 37.3 Å². The first kappa shape index (κ1) is 13.5. The van der Waals surface area contributed by atoms with Crippen LogP contribution >= 0.6 is 0 Å². The lowest BCUT2D eigenvalue weighted by Gasteiger charge is -2.10. The molecular formula is C15H20O2. The molecule has 0 aliphatic heterocycles. The molecule has 1 unspecified atom stereocenters. The monoisotopic (exact) mass is 232 g/mol. The molecule has 1 aromatic carbocycles. The number of hydrogen-bond donors (Lipinski definition) is 1. The molecule has 17 heavy (non-hydrogen) atoms. The van der Waals surface area contributed by atoms with Gasteiger partial charge in [-0.1, -0.05) is 41.5 Å². The van der Waals surface area contributed by atoms with Gasteiger partial charge in [-0.3, -0.25) is 4.79 Å². The van der Waals surface area contributed by atoms with Crippen molar-refractivity contribution < 1.29 is 9.90 Å². The van der Waals surface area contributed by atoms with Crippen molar-refractivity contribution in [1.29, 1.82) is 0 Å². The van der Waals surface area contributed by atoms with E-state index in [0.717, 1.165) is 5.56 Å². The number of hydrogen-bond acceptors (Lipinski definition) is 1. The summed E-state index contributed by atoms with van der Waals surface area (Å²) in [4.78, 5) is 11.2. The number of allylic oxidation sites excluding steroid dienone is 2. The van der Waals surface area contributed by atoms with Crippen molar-refractivity contribution in [3.05, 3.63) is 47.0 Å². The van der Waals surface area contributed by atoms with Crippen molar-refractivity contribution in [1.82, 2.24) is 0 Å². The molecule has 0 fully saturated rings. The van der Waals surface area contributed by atoms with Crippen LogP contribution in [0.2, 0.25) is 0 Å². The molecule has 0 aliphatic carbocycles. The van der Waals surface area contributed by atoms with E-state index in [2.05, 4.69) is 0 Å². The highest BCUT2D eigenvalue weighted by molar-refractivity contribution is 5.70. The van der Waals surface area contributed by atoms with Crippen molar-refractivity contribution in [3.8, 4) is 0 Å². The summed E-state index contributed by atoms with van der Waals surface area (Å²) in [6.45, 7) is 6.01. The average molecular weight is 232 g/mol. The van der Waals surface area contributed by atoms with Crippen molar-refractivity contribution in [2.45, 2.75) is 33.6 Å². The number of carboxylic acids is 1. The largest absolute Gasteiger partial charge is 0.481 e. The van der Waals surface area contributed by atoms with Crippen LogP contribution in [0.4, 0.5) is 0 Å². The lowest BCUT2D eigenvalue weighted by Crippen LogP contribution is -2.15. The Morgan fingerprint density at radius 2 is 1.88 bits per heavy atom. The summed E-state index contributed by atoms with van der Waals surface area (Å²) in [5, 5.41) is 9.17. The summed E-state index contributed by atoms with van der Waals surface area (Å²) in [7, 11) is 0. The zero-order valence-corrected chi connectivity index (χ0v) is 10.7. The first-order valence-corrected chi connectivity index (χ1v) is 5.90. The molecule has 0 radical (unpaired) electrons. The molecule has 0 saturated carbocycles. The Hall–Kier alpha value is -1.57. The van der Waals surface area contributed by atoms with Gasteiger partial charge in [-0.05, 0) is 39.2 Å². The van der Waals surface area contributed by atoms with Gasteiger partial charge in [0.1, 0.15) is 0 Å². The van der Waals surface area contributed by atoms with Crippen molar-refractivity contribution in [2.24, 2.45) is 5.92 Å². The molecule has 0 amide bonds. The predicted molar refractivity (Wildman–Crippen MR) is 70.1 cm³/mol. The third kappa shape index (κ3) is 4.85. The van der Waals surface area contributed by atoms with E-state index in [1.165, 1.54) is 11.1 Å². The van der Waals surface area contributed by atoms with Crippen LogP contribution in [0.3, 0.4) is 0 Å². The summed E-state index contributed by atoms with van der Waals surface area (Å²) in [6, 6.07) is 8.06. The summed E-state index contributed by atoms with van der Waals surface area (Å²) in [6.07, 6.45) is 3.19. The normalized spacial score (nSPS) is 11.9. The zero-order valence-electron chi connectivity index (χ0n) is 10.7. The summed E-state index contributed by atoms with van der Waals surface area (Å²) < 4.78 is 0. The molecular weight excluding hydrogens is 212 g/mol. The smallest absolute Gasteiger partial charge is 0.307 e. The van der Waals surface area contributed by atoms with Gasteiger partial charge >= 0.3 is 5.97 Å². The second-order valence-corrected chi connectivity index (χ2v) is 4.74. The molecule has 2 nitrogen and oxygen atoms in total. The minimum absolute atomic E-state index is 0.326. The fourth-order valence-electron chi connectivity index (χ4n) is 1.66. The molecule has 1 N–H and O–H groups in total. The van der Waals surface area contributed by atoms with Gasteiger partial charge in [0, 0.05) is 0 Å². The van der Waals surface area contributed by atoms with Gasteiger partial charge in [0.15, 0.2) is 0 Å². The molecule has 92 valence electrons. The Morgan fingerprint density at radius 1 is 1.29 bits per heavy atom. The van der Waals surface area contributed by atoms with Crippen LogP contribution in [-0.2, 0) is 11.2 Å². The van der Waals surface area contributed by atoms with Crippen LogP contribution in [0.25, 0.3) is 0 Å². The van der Waals surface area contributed by atoms with Crippen LogP contribution in [0.1, 0.15) is 31.4 Å². The van der Waals surface area contributed by atoms with Crippen LogP contribution in [0, 0.1) is 12.8 Å². The molecule has 1 atom stereocenters. The predicted octanol–water partition coefficient (Wildman–Crippen LogP) is 3.59. The Kier molecular flexibility index (Phi) is 4.95. The van der Waals surface area contributed by atoms with Gasteiger partial charge in [-0.15, -0.1) is 0 Å². The van der Waals surface area contributed by atoms with Crippen LogP contribution in [0.15, 0.2) is 35.9 Å². The lowest BCUT2D eigenvalue weighted by molar-refractivity contribution is -0.141. The number of aliphatic carboxylic acids is 1. The van der Waals surface area contributed by atoms with Gasteiger partial charge in [0.2, 0.25) is 0 Å². The number of carbonyl (C=O) groups is 1. The van der Waals surface area contributed by atoms with Gasteiger partial charge in [-0.2, -0.15) is 0 Å². The summed E-state index contributed by atoms with van der Waals surface area (Å²) in [5.74, 6) is -1.05. The van der Waals surface area contributed by atoms with E-state index in [9.17, 15) is 9.90 Å². The molecule has 0 saturated heterocycles. The van der Waals surface area contributed by atoms with E-state index in [4.69, 9.17) is 0 Å². The first-order chi connectivity index (χ1) is 7.99. The second kappa shape index (κ2) is 6.24. The lowest BCUT2D eigenvalue weighted by atomic mass is 9.95. The van der Waals surface area contributed by atoms with E-state index >= 15 is 0 Å². The Labute approximate surface area is 103 Å². The quantitative estimate of drug-likeness (QED) is 0.788. The van der Waals surface area contributed by atoms with Crippen LogP contribution in [0.5, 0.6) is 0 Å². The maximum atomic E-state index is 11.2. The molecule has 0 heterocycles. The molecule has 1 aromatic rings. The highest BCUT2D eigenvalue weighted by Gasteiger charge is 2.16. The Morgan fingerprint density at radius 3 is 2.35 bits per heavy atom. The molecule has 0 aromatic heterocycles. The van der Waals surface area contributed by atoms with Crippen LogP contribution < -0.4 is 0 Å². The number of benzene rings is 1. The summed E-state index contributed by atoms with van der Waals surface area (Å²) in [5.41, 5.74) is 3.45. The van der Waals surface area contributed by atoms with E-state index in [-0.39, 0.29) is 5.92 Å². The highest BCUT2D eigenvalue weighted by Crippen LogP contribution is 2.15. The van der Waals surface area contributed by atoms with Crippen molar-refractivity contribution in [3.63, 3.8) is 0 Å². The maximum absolute atomic E-state index is 11.2. The summed E-state index contributed by atoms with van der Waals surface area (Å²) >= 11 is 0. The fourth-order valence-corrected chi connectivity index (χ4v) is 1.66. The molecule has 1 rings (SSSR count). The Bertz CT molecular complexity index is 397. The SMILES string of the molecule is CC(C)=CCC(Cc1ccc(C)cc1)C(=O)O. The third-order valence-electron chi connectivity index (χ3n) is 2.76. The van der Waals surface area contributed by atoms with Crippen molar-refractivity contribution >= 4 is 5.97 Å². The van der Waals surface area contributed by atoms with E-state index in [1.807, 2.05) is 51.1 Å². The van der Waals surface area contributed by atoms with Gasteiger partial charge in [-0.25, -0.2) is 0 Å². The van der Waals surface area contributed by atoms with Gasteiger partial charge in [0.25, 0.3) is 0 Å². The molecule has 0 bridgehead atoms. The average Bonchev–Trinajstić information content (AvgIpc) is 2.26. The number of carboxylic acid groups (broad SMARTS) is 1. The number of rotatable bonds is 5. The first-order valence-electron chi connectivity index (χ1n) is 5.90. The molecule has 2 heteroatoms. The van der Waals surface area contributed by atoms with Gasteiger partial charge < -0.3 is 5.11 Å². The van der Waals surface area contributed by atoms with Crippen molar-refractivity contribution in [2.75, 3.05) is 0 Å². The minimum atomic E-state index is -0.719. The van der Waals surface area contributed by atoms with E-state index < -0.39 is 5.97 Å². The van der Waals surface area contributed by atoms with E-state index in [0.29, 0.717) is 12.8 Å². The minimum Gasteiger partial charge on any atom is -0.481 e. The molecule has 0 aliphatic rings.